The van der Waals surface area contributed by atoms with Crippen molar-refractivity contribution in [3.63, 3.8) is 0 Å². The normalized spacial score (nSPS) is 17.6. The first-order valence-electron chi connectivity index (χ1n) is 10.6. The largest absolute Gasteiger partial charge is 0.379 e. The summed E-state index contributed by atoms with van der Waals surface area (Å²) < 4.78 is 5.75. The molecule has 29 heavy (non-hydrogen) atoms. The summed E-state index contributed by atoms with van der Waals surface area (Å²) >= 11 is 6.06. The third-order valence-electron chi connectivity index (χ3n) is 5.72. The van der Waals surface area contributed by atoms with Crippen molar-refractivity contribution in [1.82, 2.24) is 0 Å². The average Bonchev–Trinajstić information content (AvgIpc) is 2.76. The minimum Gasteiger partial charge on any atom is -0.379 e. The van der Waals surface area contributed by atoms with Crippen molar-refractivity contribution in [2.45, 2.75) is 51.5 Å². The maximum atomic E-state index is 11.1. The number of nitrogens with zero attached hydrogens (tertiary/aromatic N) is 1. The third kappa shape index (κ3) is 5.52. The van der Waals surface area contributed by atoms with Gasteiger partial charge in [-0.1, -0.05) is 24.6 Å². The first-order chi connectivity index (χ1) is 14.2. The lowest BCUT2D eigenvalue weighted by atomic mass is 9.92. The van der Waals surface area contributed by atoms with E-state index in [9.17, 15) is 4.79 Å². The summed E-state index contributed by atoms with van der Waals surface area (Å²) in [6.07, 6.45) is 4.73. The fourth-order valence-corrected chi connectivity index (χ4v) is 4.22. The molecule has 1 fully saturated rings. The van der Waals surface area contributed by atoms with E-state index in [4.69, 9.17) is 16.3 Å². The summed E-state index contributed by atoms with van der Waals surface area (Å²) in [5, 5.41) is 4.30. The number of ether oxygens (including phenoxy) is 1. The van der Waals surface area contributed by atoms with E-state index in [1.807, 2.05) is 24.3 Å². The molecule has 1 saturated heterocycles. The van der Waals surface area contributed by atoms with Gasteiger partial charge >= 0.3 is 0 Å². The van der Waals surface area contributed by atoms with Gasteiger partial charge in [-0.05, 0) is 74.1 Å². The number of carbonyl (C=O) groups is 1. The molecular formula is C24H31ClN2O2. The van der Waals surface area contributed by atoms with Crippen LogP contribution in [0.25, 0.3) is 0 Å². The van der Waals surface area contributed by atoms with Crippen LogP contribution >= 0.6 is 11.6 Å². The van der Waals surface area contributed by atoms with E-state index < -0.39 is 0 Å². The second kappa shape index (κ2) is 10.7. The zero-order chi connectivity index (χ0) is 20.6. The number of aldehydes is 1. The van der Waals surface area contributed by atoms with Crippen molar-refractivity contribution >= 4 is 34.9 Å². The Labute approximate surface area is 179 Å². The predicted octanol–water partition coefficient (Wildman–Crippen LogP) is 6.17. The number of nitrogens with one attached hydrogen (secondary N) is 1. The first-order valence-corrected chi connectivity index (χ1v) is 11.0. The van der Waals surface area contributed by atoms with Gasteiger partial charge in [0, 0.05) is 30.3 Å². The zero-order valence-corrected chi connectivity index (χ0v) is 18.1. The SMILES string of the molecule is CCC(CC=O)c1ccc(N(CC)C2CCCOC2)c(Nc2ccc(Cl)cc2)c1. The van der Waals surface area contributed by atoms with Gasteiger partial charge in [0.25, 0.3) is 0 Å². The summed E-state index contributed by atoms with van der Waals surface area (Å²) in [6.45, 7) is 6.85. The van der Waals surface area contributed by atoms with E-state index in [-0.39, 0.29) is 5.92 Å². The van der Waals surface area contributed by atoms with Crippen molar-refractivity contribution in [2.24, 2.45) is 0 Å². The van der Waals surface area contributed by atoms with Crippen LogP contribution in [0.1, 0.15) is 51.0 Å². The molecule has 0 saturated carbocycles. The first kappa shape index (κ1) is 21.7. The van der Waals surface area contributed by atoms with Crippen LogP contribution in [0.4, 0.5) is 17.1 Å². The van der Waals surface area contributed by atoms with E-state index in [0.717, 1.165) is 61.7 Å². The zero-order valence-electron chi connectivity index (χ0n) is 17.4. The van der Waals surface area contributed by atoms with Crippen LogP contribution in [0.15, 0.2) is 42.5 Å². The quantitative estimate of drug-likeness (QED) is 0.498. The van der Waals surface area contributed by atoms with E-state index >= 15 is 0 Å². The van der Waals surface area contributed by atoms with Crippen LogP contribution in [-0.4, -0.2) is 32.1 Å². The summed E-state index contributed by atoms with van der Waals surface area (Å²) in [7, 11) is 0. The molecule has 1 aliphatic rings. The number of hydrogen-bond acceptors (Lipinski definition) is 4. The van der Waals surface area contributed by atoms with Crippen molar-refractivity contribution in [3.05, 3.63) is 53.1 Å². The van der Waals surface area contributed by atoms with Gasteiger partial charge in [0.2, 0.25) is 0 Å². The number of hydrogen-bond donors (Lipinski definition) is 1. The van der Waals surface area contributed by atoms with Gasteiger partial charge < -0.3 is 19.7 Å². The second-order valence-electron chi connectivity index (χ2n) is 7.57. The monoisotopic (exact) mass is 414 g/mol. The summed E-state index contributed by atoms with van der Waals surface area (Å²) in [6, 6.07) is 14.7. The van der Waals surface area contributed by atoms with Crippen LogP contribution in [0.3, 0.4) is 0 Å². The lowest BCUT2D eigenvalue weighted by Crippen LogP contribution is -2.41. The van der Waals surface area contributed by atoms with Crippen LogP contribution < -0.4 is 10.2 Å². The molecule has 2 atom stereocenters. The van der Waals surface area contributed by atoms with E-state index in [2.05, 4.69) is 42.3 Å². The number of carbonyl (C=O) groups excluding carboxylic acids is 1. The summed E-state index contributed by atoms with van der Waals surface area (Å²) in [4.78, 5) is 13.6. The Hall–Kier alpha value is -2.04. The molecule has 2 aromatic carbocycles. The number of anilines is 3. The van der Waals surface area contributed by atoms with Gasteiger partial charge in [-0.25, -0.2) is 0 Å². The highest BCUT2D eigenvalue weighted by atomic mass is 35.5. The molecule has 0 bridgehead atoms. The Kier molecular flexibility index (Phi) is 7.96. The maximum Gasteiger partial charge on any atom is 0.120 e. The van der Waals surface area contributed by atoms with Gasteiger partial charge in [-0.15, -0.1) is 0 Å². The fraction of sp³-hybridized carbons (Fsp3) is 0.458. The molecule has 1 N–H and O–H groups in total. The lowest BCUT2D eigenvalue weighted by molar-refractivity contribution is -0.108. The highest BCUT2D eigenvalue weighted by Gasteiger charge is 2.23. The Bertz CT molecular complexity index is 788. The van der Waals surface area contributed by atoms with Crippen LogP contribution in [0, 0.1) is 0 Å². The van der Waals surface area contributed by atoms with Crippen LogP contribution in [-0.2, 0) is 9.53 Å². The molecule has 0 radical (unpaired) electrons. The molecule has 0 aromatic heterocycles. The molecule has 3 rings (SSSR count). The second-order valence-corrected chi connectivity index (χ2v) is 8.01. The molecule has 5 heteroatoms. The Morgan fingerprint density at radius 1 is 1.24 bits per heavy atom. The molecule has 1 aliphatic heterocycles. The number of halogens is 1. The van der Waals surface area contributed by atoms with Gasteiger partial charge in [-0.2, -0.15) is 0 Å². The van der Waals surface area contributed by atoms with Crippen molar-refractivity contribution in [3.8, 4) is 0 Å². The summed E-state index contributed by atoms with van der Waals surface area (Å²) in [5.74, 6) is 0.236. The Balaban J connectivity index is 1.98. The smallest absolute Gasteiger partial charge is 0.120 e. The van der Waals surface area contributed by atoms with Crippen molar-refractivity contribution in [2.75, 3.05) is 30.0 Å². The van der Waals surface area contributed by atoms with E-state index in [0.29, 0.717) is 12.5 Å². The molecule has 1 heterocycles. The molecular weight excluding hydrogens is 384 g/mol. The van der Waals surface area contributed by atoms with Gasteiger partial charge in [0.15, 0.2) is 0 Å². The van der Waals surface area contributed by atoms with Gasteiger partial charge in [0.1, 0.15) is 6.29 Å². The van der Waals surface area contributed by atoms with Crippen molar-refractivity contribution < 1.29 is 9.53 Å². The van der Waals surface area contributed by atoms with Crippen LogP contribution in [0.5, 0.6) is 0 Å². The average molecular weight is 415 g/mol. The molecule has 2 unspecified atom stereocenters. The lowest BCUT2D eigenvalue weighted by Gasteiger charge is -2.36. The highest BCUT2D eigenvalue weighted by Crippen LogP contribution is 2.36. The van der Waals surface area contributed by atoms with Gasteiger partial charge in [0.05, 0.1) is 24.0 Å². The van der Waals surface area contributed by atoms with Crippen LogP contribution in [0.2, 0.25) is 5.02 Å². The molecule has 0 amide bonds. The molecule has 0 spiro atoms. The number of rotatable bonds is 9. The number of likely N-dealkylation sites (N-methyl/N-ethyl adjacent to an activating group) is 1. The Morgan fingerprint density at radius 2 is 2.03 bits per heavy atom. The minimum atomic E-state index is 0.236. The fourth-order valence-electron chi connectivity index (χ4n) is 4.10. The van der Waals surface area contributed by atoms with Crippen molar-refractivity contribution in [1.29, 1.82) is 0 Å². The number of benzene rings is 2. The maximum absolute atomic E-state index is 11.1. The van der Waals surface area contributed by atoms with E-state index in [1.165, 1.54) is 11.3 Å². The molecule has 156 valence electrons. The van der Waals surface area contributed by atoms with Gasteiger partial charge in [-0.3, -0.25) is 0 Å². The Morgan fingerprint density at radius 3 is 2.66 bits per heavy atom. The third-order valence-corrected chi connectivity index (χ3v) is 5.97. The topological polar surface area (TPSA) is 41.6 Å². The van der Waals surface area contributed by atoms with E-state index in [1.54, 1.807) is 0 Å². The predicted molar refractivity (Wildman–Crippen MR) is 122 cm³/mol. The molecule has 0 aliphatic carbocycles. The minimum absolute atomic E-state index is 0.236. The molecule has 4 nitrogen and oxygen atoms in total. The summed E-state index contributed by atoms with van der Waals surface area (Å²) in [5.41, 5.74) is 4.41. The highest BCUT2D eigenvalue weighted by molar-refractivity contribution is 6.30. The molecule has 2 aromatic rings. The standard InChI is InChI=1S/C24H31ClN2O2/c1-3-18(13-14-28)19-7-12-24(27(4-2)22-6-5-15-29-17-22)23(16-19)26-21-10-8-20(25)9-11-21/h7-12,14,16,18,22,26H,3-6,13,15,17H2,1-2H3.